The first-order chi connectivity index (χ1) is 9.72. The van der Waals surface area contributed by atoms with Crippen molar-refractivity contribution in [2.45, 2.75) is 25.8 Å². The van der Waals surface area contributed by atoms with Crippen LogP contribution in [0, 0.1) is 6.92 Å². The van der Waals surface area contributed by atoms with E-state index in [0.717, 1.165) is 18.6 Å². The highest BCUT2D eigenvalue weighted by atomic mass is 16.5. The van der Waals surface area contributed by atoms with Gasteiger partial charge in [0.1, 0.15) is 5.75 Å². The molecule has 0 saturated heterocycles. The van der Waals surface area contributed by atoms with Crippen LogP contribution in [0.15, 0.2) is 48.5 Å². The zero-order valence-corrected chi connectivity index (χ0v) is 12.1. The fourth-order valence-corrected chi connectivity index (χ4v) is 2.34. The molecule has 0 amide bonds. The number of ether oxygens (including phenoxy) is 1. The van der Waals surface area contributed by atoms with Crippen molar-refractivity contribution in [3.8, 4) is 5.75 Å². The lowest BCUT2D eigenvalue weighted by Crippen LogP contribution is -2.28. The van der Waals surface area contributed by atoms with Crippen LogP contribution in [0.25, 0.3) is 0 Å². The minimum absolute atomic E-state index is 0.178. The minimum Gasteiger partial charge on any atom is -0.497 e. The molecule has 106 valence electrons. The zero-order chi connectivity index (χ0) is 14.4. The van der Waals surface area contributed by atoms with E-state index in [0.29, 0.717) is 0 Å². The van der Waals surface area contributed by atoms with E-state index in [-0.39, 0.29) is 6.04 Å². The van der Waals surface area contributed by atoms with Crippen LogP contribution in [0.4, 0.5) is 0 Å². The van der Waals surface area contributed by atoms with E-state index >= 15 is 0 Å². The van der Waals surface area contributed by atoms with Crippen LogP contribution in [0.1, 0.15) is 29.2 Å². The molecule has 2 rings (SSSR count). The Kier molecular flexibility index (Phi) is 5.16. The van der Waals surface area contributed by atoms with E-state index in [9.17, 15) is 0 Å². The Morgan fingerprint density at radius 3 is 2.50 bits per heavy atom. The van der Waals surface area contributed by atoms with Crippen molar-refractivity contribution >= 4 is 0 Å². The van der Waals surface area contributed by atoms with E-state index < -0.39 is 0 Å². The summed E-state index contributed by atoms with van der Waals surface area (Å²) in [6.45, 7) is 2.10. The number of aryl methyl sites for hydroxylation is 2. The molecule has 1 atom stereocenters. The van der Waals surface area contributed by atoms with Gasteiger partial charge in [-0.25, -0.2) is 0 Å². The Labute approximate surface area is 120 Å². The molecule has 0 aliphatic heterocycles. The number of nitrogens with one attached hydrogen (secondary N) is 1. The van der Waals surface area contributed by atoms with Gasteiger partial charge in [-0.05, 0) is 43.0 Å². The Bertz CT molecular complexity index is 537. The van der Waals surface area contributed by atoms with E-state index in [1.165, 1.54) is 16.7 Å². The lowest BCUT2D eigenvalue weighted by Gasteiger charge is -2.17. The van der Waals surface area contributed by atoms with Crippen molar-refractivity contribution < 1.29 is 4.74 Å². The summed E-state index contributed by atoms with van der Waals surface area (Å²) in [5, 5.41) is 0. The average Bonchev–Trinajstić information content (AvgIpc) is 2.48. The van der Waals surface area contributed by atoms with Crippen LogP contribution in [-0.2, 0) is 6.42 Å². The normalized spacial score (nSPS) is 12.2. The largest absolute Gasteiger partial charge is 0.497 e. The van der Waals surface area contributed by atoms with Crippen molar-refractivity contribution in [2.75, 3.05) is 7.11 Å². The van der Waals surface area contributed by atoms with Crippen molar-refractivity contribution in [1.29, 1.82) is 0 Å². The molecule has 0 aliphatic carbocycles. The SMILES string of the molecule is COc1ccc(CCC(NN)c2cccc(C)c2)cc1. The summed E-state index contributed by atoms with van der Waals surface area (Å²) in [6, 6.07) is 16.8. The fraction of sp³-hybridized carbons (Fsp3) is 0.294. The first kappa shape index (κ1) is 14.6. The third-order valence-corrected chi connectivity index (χ3v) is 3.53. The van der Waals surface area contributed by atoms with Gasteiger partial charge in [0, 0.05) is 6.04 Å². The van der Waals surface area contributed by atoms with E-state index in [2.05, 4.69) is 48.7 Å². The number of hydrogen-bond acceptors (Lipinski definition) is 3. The van der Waals surface area contributed by atoms with Crippen LogP contribution in [0.2, 0.25) is 0 Å². The van der Waals surface area contributed by atoms with Gasteiger partial charge in [-0.3, -0.25) is 11.3 Å². The number of benzene rings is 2. The molecule has 2 aromatic rings. The summed E-state index contributed by atoms with van der Waals surface area (Å²) < 4.78 is 5.17. The molecular formula is C17H22N2O. The number of hydrogen-bond donors (Lipinski definition) is 2. The summed E-state index contributed by atoms with van der Waals surface area (Å²) in [5.74, 6) is 6.58. The number of nitrogens with two attached hydrogens (primary N) is 1. The van der Waals surface area contributed by atoms with Crippen molar-refractivity contribution in [1.82, 2.24) is 5.43 Å². The topological polar surface area (TPSA) is 47.3 Å². The van der Waals surface area contributed by atoms with Crippen LogP contribution in [0.5, 0.6) is 5.75 Å². The maximum Gasteiger partial charge on any atom is 0.118 e. The second-order valence-corrected chi connectivity index (χ2v) is 5.02. The quantitative estimate of drug-likeness (QED) is 0.626. The predicted octanol–water partition coefficient (Wildman–Crippen LogP) is 3.14. The summed E-state index contributed by atoms with van der Waals surface area (Å²) in [6.07, 6.45) is 1.94. The summed E-state index contributed by atoms with van der Waals surface area (Å²) in [4.78, 5) is 0. The molecule has 0 fully saturated rings. The highest BCUT2D eigenvalue weighted by molar-refractivity contribution is 5.28. The third kappa shape index (κ3) is 3.83. The van der Waals surface area contributed by atoms with Crippen molar-refractivity contribution in [3.05, 3.63) is 65.2 Å². The molecule has 1 unspecified atom stereocenters. The Balaban J connectivity index is 1.99. The molecule has 0 aliphatic rings. The molecule has 0 bridgehead atoms. The van der Waals surface area contributed by atoms with Crippen LogP contribution in [0.3, 0.4) is 0 Å². The molecule has 3 N–H and O–H groups in total. The highest BCUT2D eigenvalue weighted by Crippen LogP contribution is 2.20. The van der Waals surface area contributed by atoms with Gasteiger partial charge < -0.3 is 4.74 Å². The summed E-state index contributed by atoms with van der Waals surface area (Å²) >= 11 is 0. The molecule has 20 heavy (non-hydrogen) atoms. The molecule has 0 aromatic heterocycles. The Morgan fingerprint density at radius 2 is 1.90 bits per heavy atom. The molecule has 3 heteroatoms. The molecule has 0 spiro atoms. The van der Waals surface area contributed by atoms with Crippen molar-refractivity contribution in [2.24, 2.45) is 5.84 Å². The molecule has 0 saturated carbocycles. The van der Waals surface area contributed by atoms with E-state index in [1.807, 2.05) is 12.1 Å². The maximum absolute atomic E-state index is 5.69. The first-order valence-electron chi connectivity index (χ1n) is 6.88. The predicted molar refractivity (Wildman–Crippen MR) is 82.6 cm³/mol. The van der Waals surface area contributed by atoms with Gasteiger partial charge in [-0.15, -0.1) is 0 Å². The Morgan fingerprint density at radius 1 is 1.15 bits per heavy atom. The highest BCUT2D eigenvalue weighted by Gasteiger charge is 2.09. The molecule has 0 radical (unpaired) electrons. The average molecular weight is 270 g/mol. The van der Waals surface area contributed by atoms with Gasteiger partial charge >= 0.3 is 0 Å². The lowest BCUT2D eigenvalue weighted by molar-refractivity contribution is 0.414. The second-order valence-electron chi connectivity index (χ2n) is 5.02. The van der Waals surface area contributed by atoms with Gasteiger partial charge in [0.25, 0.3) is 0 Å². The Hall–Kier alpha value is -1.84. The smallest absolute Gasteiger partial charge is 0.118 e. The maximum atomic E-state index is 5.69. The minimum atomic E-state index is 0.178. The third-order valence-electron chi connectivity index (χ3n) is 3.53. The lowest BCUT2D eigenvalue weighted by atomic mass is 9.98. The first-order valence-corrected chi connectivity index (χ1v) is 6.88. The van der Waals surface area contributed by atoms with E-state index in [1.54, 1.807) is 7.11 Å². The fourth-order valence-electron chi connectivity index (χ4n) is 2.34. The number of methoxy groups -OCH3 is 1. The second kappa shape index (κ2) is 7.08. The molecule has 0 heterocycles. The summed E-state index contributed by atoms with van der Waals surface area (Å²) in [5.41, 5.74) is 6.70. The standard InChI is InChI=1S/C17H22N2O/c1-13-4-3-5-15(12-13)17(19-18)11-8-14-6-9-16(20-2)10-7-14/h3-7,9-10,12,17,19H,8,11,18H2,1-2H3. The van der Waals surface area contributed by atoms with Gasteiger partial charge in [-0.2, -0.15) is 0 Å². The molecular weight excluding hydrogens is 248 g/mol. The van der Waals surface area contributed by atoms with Crippen LogP contribution < -0.4 is 16.0 Å². The van der Waals surface area contributed by atoms with Crippen LogP contribution >= 0.6 is 0 Å². The molecule has 3 nitrogen and oxygen atoms in total. The monoisotopic (exact) mass is 270 g/mol. The van der Waals surface area contributed by atoms with Gasteiger partial charge in [0.15, 0.2) is 0 Å². The molecule has 2 aromatic carbocycles. The number of hydrazine groups is 1. The van der Waals surface area contributed by atoms with Gasteiger partial charge in [0.05, 0.1) is 7.11 Å². The van der Waals surface area contributed by atoms with E-state index in [4.69, 9.17) is 10.6 Å². The van der Waals surface area contributed by atoms with Gasteiger partial charge in [0.2, 0.25) is 0 Å². The van der Waals surface area contributed by atoms with Crippen molar-refractivity contribution in [3.63, 3.8) is 0 Å². The number of rotatable bonds is 6. The summed E-state index contributed by atoms with van der Waals surface area (Å²) in [7, 11) is 1.68. The zero-order valence-electron chi connectivity index (χ0n) is 12.1. The van der Waals surface area contributed by atoms with Crippen LogP contribution in [-0.4, -0.2) is 7.11 Å². The van der Waals surface area contributed by atoms with Gasteiger partial charge in [-0.1, -0.05) is 42.0 Å².